The third-order valence-electron chi connectivity index (χ3n) is 4.20. The van der Waals surface area contributed by atoms with Crippen LogP contribution in [0.25, 0.3) is 0 Å². The van der Waals surface area contributed by atoms with Crippen molar-refractivity contribution in [3.63, 3.8) is 0 Å². The minimum absolute atomic E-state index is 0.0556. The average molecular weight is 437 g/mol. The molecule has 0 heterocycles. The molecule has 0 unspecified atom stereocenters. The number of hydrogen-bond acceptors (Lipinski definition) is 3. The first-order chi connectivity index (χ1) is 13.7. The number of guanidine groups is 1. The summed E-state index contributed by atoms with van der Waals surface area (Å²) in [4.78, 5) is 6.32. The number of nitrogens with one attached hydrogen (secondary N) is 2. The van der Waals surface area contributed by atoms with E-state index in [1.807, 2.05) is 74.3 Å². The molecular weight excluding hydrogens is 408 g/mol. The summed E-state index contributed by atoms with van der Waals surface area (Å²) in [5, 5.41) is 4.01. The highest BCUT2D eigenvalue weighted by Gasteiger charge is 2.16. The van der Waals surface area contributed by atoms with Crippen LogP contribution in [0.1, 0.15) is 30.5 Å². The summed E-state index contributed by atoms with van der Waals surface area (Å²) in [5.74, 6) is 0.655. The van der Waals surface area contributed by atoms with Crippen molar-refractivity contribution in [1.29, 1.82) is 0 Å². The van der Waals surface area contributed by atoms with Crippen LogP contribution in [0.3, 0.4) is 0 Å². The van der Waals surface area contributed by atoms with E-state index in [-0.39, 0.29) is 11.8 Å². The molecule has 29 heavy (non-hydrogen) atoms. The van der Waals surface area contributed by atoms with Crippen LogP contribution in [0, 0.1) is 0 Å². The van der Waals surface area contributed by atoms with Crippen LogP contribution in [-0.4, -0.2) is 39.4 Å². The van der Waals surface area contributed by atoms with Gasteiger partial charge in [0.15, 0.2) is 5.96 Å². The molecule has 0 aromatic heterocycles. The van der Waals surface area contributed by atoms with Crippen LogP contribution in [-0.2, 0) is 28.9 Å². The highest BCUT2D eigenvalue weighted by atomic mass is 35.5. The van der Waals surface area contributed by atoms with E-state index in [0.717, 1.165) is 16.7 Å². The van der Waals surface area contributed by atoms with Crippen molar-refractivity contribution >= 4 is 27.6 Å². The summed E-state index contributed by atoms with van der Waals surface area (Å²) >= 11 is 6.07. The van der Waals surface area contributed by atoms with Crippen LogP contribution in [0.15, 0.2) is 53.5 Å². The van der Waals surface area contributed by atoms with E-state index in [4.69, 9.17) is 11.6 Å². The van der Waals surface area contributed by atoms with Gasteiger partial charge in [0.1, 0.15) is 0 Å². The minimum Gasteiger partial charge on any atom is -0.352 e. The van der Waals surface area contributed by atoms with Gasteiger partial charge in [-0.15, -0.1) is 0 Å². The molecule has 2 rings (SSSR count). The Morgan fingerprint density at radius 2 is 1.83 bits per heavy atom. The third kappa shape index (κ3) is 7.68. The quantitative estimate of drug-likeness (QED) is 0.491. The van der Waals surface area contributed by atoms with Gasteiger partial charge in [0.2, 0.25) is 10.0 Å². The van der Waals surface area contributed by atoms with Crippen molar-refractivity contribution in [1.82, 2.24) is 14.9 Å². The van der Waals surface area contributed by atoms with Crippen molar-refractivity contribution in [2.45, 2.75) is 38.7 Å². The average Bonchev–Trinajstić information content (AvgIpc) is 2.62. The Balaban J connectivity index is 2.06. The SMILES string of the molecule is CN=C(NCc1ccccc1CS(=O)(=O)NC(C)C)N(C)Cc1cccc(Cl)c1. The van der Waals surface area contributed by atoms with Gasteiger partial charge in [0.05, 0.1) is 5.75 Å². The van der Waals surface area contributed by atoms with Crippen LogP contribution in [0.4, 0.5) is 0 Å². The van der Waals surface area contributed by atoms with Crippen molar-refractivity contribution in [3.8, 4) is 0 Å². The van der Waals surface area contributed by atoms with Gasteiger partial charge in [0.25, 0.3) is 0 Å². The maximum absolute atomic E-state index is 12.3. The molecule has 0 spiro atoms. The lowest BCUT2D eigenvalue weighted by Crippen LogP contribution is -2.38. The van der Waals surface area contributed by atoms with Gasteiger partial charge in [-0.1, -0.05) is 48.0 Å². The smallest absolute Gasteiger partial charge is 0.216 e. The maximum Gasteiger partial charge on any atom is 0.216 e. The first kappa shape index (κ1) is 23.2. The van der Waals surface area contributed by atoms with E-state index in [1.54, 1.807) is 7.05 Å². The van der Waals surface area contributed by atoms with Crippen LogP contribution >= 0.6 is 11.6 Å². The van der Waals surface area contributed by atoms with Gasteiger partial charge in [-0.2, -0.15) is 0 Å². The summed E-state index contributed by atoms with van der Waals surface area (Å²) in [5.41, 5.74) is 2.76. The number of benzene rings is 2. The van der Waals surface area contributed by atoms with E-state index in [1.165, 1.54) is 0 Å². The molecule has 0 amide bonds. The number of halogens is 1. The fourth-order valence-electron chi connectivity index (χ4n) is 3.02. The van der Waals surface area contributed by atoms with E-state index >= 15 is 0 Å². The monoisotopic (exact) mass is 436 g/mol. The van der Waals surface area contributed by atoms with Gasteiger partial charge in [-0.05, 0) is 42.7 Å². The second-order valence-electron chi connectivity index (χ2n) is 7.19. The molecule has 8 heteroatoms. The molecule has 2 aromatic rings. The van der Waals surface area contributed by atoms with Crippen LogP contribution < -0.4 is 10.0 Å². The molecule has 0 saturated carbocycles. The Morgan fingerprint density at radius 3 is 2.45 bits per heavy atom. The molecular formula is C21H29ClN4O2S. The molecule has 0 atom stereocenters. The fourth-order valence-corrected chi connectivity index (χ4v) is 4.72. The molecule has 0 aliphatic carbocycles. The standard InChI is InChI=1S/C21H29ClN4O2S/c1-16(2)25-29(27,28)15-19-10-6-5-9-18(19)13-24-21(23-3)26(4)14-17-8-7-11-20(22)12-17/h5-12,16,25H,13-15H2,1-4H3,(H,23,24). The summed E-state index contributed by atoms with van der Waals surface area (Å²) in [6, 6.07) is 15.1. The van der Waals surface area contributed by atoms with E-state index in [0.29, 0.717) is 24.1 Å². The molecule has 0 aliphatic rings. The highest BCUT2D eigenvalue weighted by molar-refractivity contribution is 7.88. The van der Waals surface area contributed by atoms with Gasteiger partial charge in [-0.25, -0.2) is 13.1 Å². The minimum atomic E-state index is -3.39. The van der Waals surface area contributed by atoms with E-state index in [9.17, 15) is 8.42 Å². The molecule has 0 bridgehead atoms. The zero-order chi connectivity index (χ0) is 21.4. The van der Waals surface area contributed by atoms with Crippen LogP contribution in [0.5, 0.6) is 0 Å². The van der Waals surface area contributed by atoms with Gasteiger partial charge in [-0.3, -0.25) is 4.99 Å². The molecule has 6 nitrogen and oxygen atoms in total. The molecule has 0 aliphatic heterocycles. The molecule has 2 N–H and O–H groups in total. The molecule has 2 aromatic carbocycles. The normalized spacial score (nSPS) is 12.3. The fraction of sp³-hybridized carbons (Fsp3) is 0.381. The molecule has 0 fully saturated rings. The summed E-state index contributed by atoms with van der Waals surface area (Å²) in [6.45, 7) is 4.74. The second kappa shape index (κ2) is 10.6. The number of sulfonamides is 1. The van der Waals surface area contributed by atoms with Crippen molar-refractivity contribution in [2.75, 3.05) is 14.1 Å². The Bertz CT molecular complexity index is 945. The van der Waals surface area contributed by atoms with Crippen LogP contribution in [0.2, 0.25) is 5.02 Å². The van der Waals surface area contributed by atoms with E-state index in [2.05, 4.69) is 15.0 Å². The lowest BCUT2D eigenvalue weighted by atomic mass is 10.1. The van der Waals surface area contributed by atoms with Gasteiger partial charge < -0.3 is 10.2 Å². The van der Waals surface area contributed by atoms with Crippen molar-refractivity contribution in [2.24, 2.45) is 4.99 Å². The predicted octanol–water partition coefficient (Wildman–Crippen LogP) is 3.38. The lowest BCUT2D eigenvalue weighted by Gasteiger charge is -2.23. The molecule has 0 radical (unpaired) electrons. The number of nitrogens with zero attached hydrogens (tertiary/aromatic N) is 2. The lowest BCUT2D eigenvalue weighted by molar-refractivity contribution is 0.476. The Hall–Kier alpha value is -2.09. The zero-order valence-electron chi connectivity index (χ0n) is 17.3. The Labute approximate surface area is 179 Å². The summed E-state index contributed by atoms with van der Waals surface area (Å²) < 4.78 is 27.3. The van der Waals surface area contributed by atoms with Gasteiger partial charge in [0, 0.05) is 38.2 Å². The number of aliphatic imine (C=N–C) groups is 1. The topological polar surface area (TPSA) is 73.8 Å². The summed E-state index contributed by atoms with van der Waals surface area (Å²) in [7, 11) is 0.273. The predicted molar refractivity (Wildman–Crippen MR) is 120 cm³/mol. The Morgan fingerprint density at radius 1 is 1.14 bits per heavy atom. The number of rotatable bonds is 8. The number of hydrogen-bond donors (Lipinski definition) is 2. The molecule has 0 saturated heterocycles. The first-order valence-electron chi connectivity index (χ1n) is 9.43. The highest BCUT2D eigenvalue weighted by Crippen LogP contribution is 2.14. The van der Waals surface area contributed by atoms with Crippen molar-refractivity contribution < 1.29 is 8.42 Å². The third-order valence-corrected chi connectivity index (χ3v) is 5.95. The maximum atomic E-state index is 12.3. The van der Waals surface area contributed by atoms with E-state index < -0.39 is 10.0 Å². The van der Waals surface area contributed by atoms with Gasteiger partial charge >= 0.3 is 0 Å². The second-order valence-corrected chi connectivity index (χ2v) is 9.38. The first-order valence-corrected chi connectivity index (χ1v) is 11.5. The summed E-state index contributed by atoms with van der Waals surface area (Å²) in [6.07, 6.45) is 0. The molecule has 158 valence electrons. The zero-order valence-corrected chi connectivity index (χ0v) is 18.9. The Kier molecular flexibility index (Phi) is 8.49. The largest absolute Gasteiger partial charge is 0.352 e. The van der Waals surface area contributed by atoms with Crippen molar-refractivity contribution in [3.05, 3.63) is 70.2 Å².